The Morgan fingerprint density at radius 2 is 1.84 bits per heavy atom. The summed E-state index contributed by atoms with van der Waals surface area (Å²) >= 11 is 0. The lowest BCUT2D eigenvalue weighted by atomic mass is 10.0. The number of aryl methyl sites for hydroxylation is 2. The van der Waals surface area contributed by atoms with E-state index in [0.29, 0.717) is 19.0 Å². The number of ether oxygens (including phenoxy) is 1. The standard InChI is InChI=1S/C21H20N2O2/c1-14-7-8-17(11-15(14)2)21(24)23-12-18(13-23)25-20-10-9-16-5-3-4-6-19(16)22-20/h3-11,18H,12-13H2,1-2H3. The van der Waals surface area contributed by atoms with E-state index in [1.165, 1.54) is 5.56 Å². The molecule has 126 valence electrons. The molecular formula is C21H20N2O2. The van der Waals surface area contributed by atoms with Gasteiger partial charge in [-0.05, 0) is 49.2 Å². The van der Waals surface area contributed by atoms with Gasteiger partial charge in [-0.25, -0.2) is 4.98 Å². The Bertz CT molecular complexity index is 946. The Morgan fingerprint density at radius 3 is 2.64 bits per heavy atom. The van der Waals surface area contributed by atoms with Gasteiger partial charge in [-0.3, -0.25) is 4.79 Å². The lowest BCUT2D eigenvalue weighted by Crippen LogP contribution is -2.56. The van der Waals surface area contributed by atoms with Crippen molar-refractivity contribution in [3.63, 3.8) is 0 Å². The second kappa shape index (κ2) is 6.20. The van der Waals surface area contributed by atoms with Crippen LogP contribution in [0.2, 0.25) is 0 Å². The number of pyridine rings is 1. The van der Waals surface area contributed by atoms with Crippen LogP contribution in [0.4, 0.5) is 0 Å². The number of hydrogen-bond acceptors (Lipinski definition) is 3. The zero-order valence-electron chi connectivity index (χ0n) is 14.4. The minimum atomic E-state index is 0.00385. The van der Waals surface area contributed by atoms with Crippen molar-refractivity contribution in [3.8, 4) is 5.88 Å². The monoisotopic (exact) mass is 332 g/mol. The molecule has 0 spiro atoms. The van der Waals surface area contributed by atoms with Crippen LogP contribution < -0.4 is 4.74 Å². The van der Waals surface area contributed by atoms with Crippen molar-refractivity contribution in [1.29, 1.82) is 0 Å². The molecule has 3 aromatic rings. The van der Waals surface area contributed by atoms with Gasteiger partial charge >= 0.3 is 0 Å². The number of carbonyl (C=O) groups is 1. The first-order valence-electron chi connectivity index (χ1n) is 8.49. The summed E-state index contributed by atoms with van der Waals surface area (Å²) in [6.07, 6.45) is 0.00385. The van der Waals surface area contributed by atoms with E-state index in [4.69, 9.17) is 4.74 Å². The maximum Gasteiger partial charge on any atom is 0.254 e. The topological polar surface area (TPSA) is 42.4 Å². The summed E-state index contributed by atoms with van der Waals surface area (Å²) in [4.78, 5) is 18.9. The molecule has 1 fully saturated rings. The summed E-state index contributed by atoms with van der Waals surface area (Å²) in [7, 11) is 0. The number of fused-ring (bicyclic) bond motifs is 1. The molecule has 0 saturated carbocycles. The van der Waals surface area contributed by atoms with Crippen LogP contribution in [-0.2, 0) is 0 Å². The van der Waals surface area contributed by atoms with Gasteiger partial charge in [0.15, 0.2) is 0 Å². The molecule has 1 amide bonds. The number of amides is 1. The van der Waals surface area contributed by atoms with Gasteiger partial charge in [0.2, 0.25) is 5.88 Å². The lowest BCUT2D eigenvalue weighted by molar-refractivity contribution is 0.0161. The molecule has 1 aliphatic rings. The molecule has 1 saturated heterocycles. The quantitative estimate of drug-likeness (QED) is 0.733. The fraction of sp³-hybridized carbons (Fsp3) is 0.238. The van der Waals surface area contributed by atoms with Crippen LogP contribution in [-0.4, -0.2) is 35.0 Å². The van der Waals surface area contributed by atoms with Crippen molar-refractivity contribution in [1.82, 2.24) is 9.88 Å². The van der Waals surface area contributed by atoms with Crippen molar-refractivity contribution in [2.45, 2.75) is 20.0 Å². The zero-order chi connectivity index (χ0) is 17.4. The van der Waals surface area contributed by atoms with Crippen LogP contribution in [0.1, 0.15) is 21.5 Å². The summed E-state index contributed by atoms with van der Waals surface area (Å²) < 4.78 is 5.91. The molecule has 4 heteroatoms. The number of nitrogens with zero attached hydrogens (tertiary/aromatic N) is 2. The molecule has 1 aromatic heterocycles. The van der Waals surface area contributed by atoms with E-state index in [1.807, 2.05) is 73.3 Å². The fourth-order valence-electron chi connectivity index (χ4n) is 3.02. The second-order valence-electron chi connectivity index (χ2n) is 6.59. The van der Waals surface area contributed by atoms with Gasteiger partial charge in [-0.15, -0.1) is 0 Å². The zero-order valence-corrected chi connectivity index (χ0v) is 14.4. The van der Waals surface area contributed by atoms with Crippen LogP contribution >= 0.6 is 0 Å². The first-order valence-corrected chi connectivity index (χ1v) is 8.49. The first-order chi connectivity index (χ1) is 12.1. The number of rotatable bonds is 3. The summed E-state index contributed by atoms with van der Waals surface area (Å²) in [6.45, 7) is 5.27. The highest BCUT2D eigenvalue weighted by Gasteiger charge is 2.33. The molecule has 0 radical (unpaired) electrons. The summed E-state index contributed by atoms with van der Waals surface area (Å²) in [5, 5.41) is 1.09. The Morgan fingerprint density at radius 1 is 1.04 bits per heavy atom. The largest absolute Gasteiger partial charge is 0.471 e. The SMILES string of the molecule is Cc1ccc(C(=O)N2CC(Oc3ccc4ccccc4n3)C2)cc1C. The van der Waals surface area contributed by atoms with Gasteiger partial charge in [-0.1, -0.05) is 24.3 Å². The molecule has 0 unspecified atom stereocenters. The number of aromatic nitrogens is 1. The maximum atomic E-state index is 12.5. The number of carbonyl (C=O) groups excluding carboxylic acids is 1. The van der Waals surface area contributed by atoms with Gasteiger partial charge < -0.3 is 9.64 Å². The molecule has 25 heavy (non-hydrogen) atoms. The number of benzene rings is 2. The molecule has 0 aliphatic carbocycles. The Balaban J connectivity index is 1.39. The molecule has 2 heterocycles. The lowest BCUT2D eigenvalue weighted by Gasteiger charge is -2.38. The third-order valence-corrected chi connectivity index (χ3v) is 4.75. The van der Waals surface area contributed by atoms with Gasteiger partial charge in [0.25, 0.3) is 5.91 Å². The van der Waals surface area contributed by atoms with E-state index < -0.39 is 0 Å². The maximum absolute atomic E-state index is 12.5. The summed E-state index contributed by atoms with van der Waals surface area (Å²) in [5.74, 6) is 0.677. The Hall–Kier alpha value is -2.88. The normalized spacial score (nSPS) is 14.4. The van der Waals surface area contributed by atoms with Crippen molar-refractivity contribution in [3.05, 3.63) is 71.3 Å². The number of likely N-dealkylation sites (tertiary alicyclic amines) is 1. The molecule has 0 bridgehead atoms. The van der Waals surface area contributed by atoms with Crippen molar-refractivity contribution < 1.29 is 9.53 Å². The number of para-hydroxylation sites is 1. The van der Waals surface area contributed by atoms with E-state index in [9.17, 15) is 4.79 Å². The number of hydrogen-bond donors (Lipinski definition) is 0. The van der Waals surface area contributed by atoms with Crippen molar-refractivity contribution >= 4 is 16.8 Å². The minimum absolute atomic E-state index is 0.00385. The van der Waals surface area contributed by atoms with Crippen LogP contribution in [0.5, 0.6) is 5.88 Å². The predicted octanol–water partition coefficient (Wildman–Crippen LogP) is 3.76. The highest BCUT2D eigenvalue weighted by atomic mass is 16.5. The van der Waals surface area contributed by atoms with E-state index in [0.717, 1.165) is 22.0 Å². The van der Waals surface area contributed by atoms with Crippen LogP contribution in [0.25, 0.3) is 10.9 Å². The summed E-state index contributed by atoms with van der Waals surface area (Å²) in [5.41, 5.74) is 4.00. The van der Waals surface area contributed by atoms with Crippen molar-refractivity contribution in [2.24, 2.45) is 0 Å². The van der Waals surface area contributed by atoms with Gasteiger partial charge in [0.05, 0.1) is 18.6 Å². The van der Waals surface area contributed by atoms with Gasteiger partial charge in [0, 0.05) is 17.0 Å². The average Bonchev–Trinajstić information content (AvgIpc) is 2.59. The smallest absolute Gasteiger partial charge is 0.254 e. The molecule has 0 atom stereocenters. The van der Waals surface area contributed by atoms with E-state index >= 15 is 0 Å². The summed E-state index contributed by atoms with van der Waals surface area (Å²) in [6, 6.07) is 17.7. The third kappa shape index (κ3) is 3.07. The highest BCUT2D eigenvalue weighted by molar-refractivity contribution is 5.95. The minimum Gasteiger partial charge on any atom is -0.471 e. The highest BCUT2D eigenvalue weighted by Crippen LogP contribution is 2.22. The third-order valence-electron chi connectivity index (χ3n) is 4.75. The van der Waals surface area contributed by atoms with Crippen LogP contribution in [0.3, 0.4) is 0 Å². The average molecular weight is 332 g/mol. The second-order valence-corrected chi connectivity index (χ2v) is 6.59. The Kier molecular flexibility index (Phi) is 3.88. The molecule has 1 aliphatic heterocycles. The van der Waals surface area contributed by atoms with Crippen molar-refractivity contribution in [2.75, 3.05) is 13.1 Å². The van der Waals surface area contributed by atoms with Crippen LogP contribution in [0.15, 0.2) is 54.6 Å². The van der Waals surface area contributed by atoms with Crippen LogP contribution in [0, 0.1) is 13.8 Å². The van der Waals surface area contributed by atoms with Gasteiger partial charge in [-0.2, -0.15) is 0 Å². The molecular weight excluding hydrogens is 312 g/mol. The first kappa shape index (κ1) is 15.6. The van der Waals surface area contributed by atoms with E-state index in [-0.39, 0.29) is 12.0 Å². The van der Waals surface area contributed by atoms with Gasteiger partial charge in [0.1, 0.15) is 6.10 Å². The Labute approximate surface area is 147 Å². The molecule has 4 nitrogen and oxygen atoms in total. The predicted molar refractivity (Wildman–Crippen MR) is 98.0 cm³/mol. The molecule has 4 rings (SSSR count). The van der Waals surface area contributed by atoms with E-state index in [2.05, 4.69) is 4.98 Å². The fourth-order valence-corrected chi connectivity index (χ4v) is 3.02. The molecule has 0 N–H and O–H groups in total. The van der Waals surface area contributed by atoms with E-state index in [1.54, 1.807) is 0 Å². The molecule has 2 aromatic carbocycles.